The molecular formula is C24H25N3O6S. The van der Waals surface area contributed by atoms with Crippen LogP contribution in [-0.2, 0) is 14.8 Å². The number of amides is 2. The number of benzene rings is 3. The molecule has 0 radical (unpaired) electrons. The Kier molecular flexibility index (Phi) is 8.60. The minimum Gasteiger partial charge on any atom is -0.455 e. The van der Waals surface area contributed by atoms with E-state index in [4.69, 9.17) is 9.84 Å². The van der Waals surface area contributed by atoms with Gasteiger partial charge in [0.1, 0.15) is 5.75 Å². The predicted molar refractivity (Wildman–Crippen MR) is 127 cm³/mol. The molecule has 0 atom stereocenters. The van der Waals surface area contributed by atoms with Crippen molar-refractivity contribution in [3.05, 3.63) is 84.4 Å². The average Bonchev–Trinajstić information content (AvgIpc) is 2.84. The van der Waals surface area contributed by atoms with Gasteiger partial charge in [0, 0.05) is 18.7 Å². The molecule has 0 fully saturated rings. The fraction of sp³-hybridized carbons (Fsp3) is 0.167. The molecule has 3 rings (SSSR count). The molecule has 3 aromatic rings. The van der Waals surface area contributed by atoms with E-state index in [1.807, 2.05) is 18.2 Å². The molecule has 9 nitrogen and oxygen atoms in total. The van der Waals surface area contributed by atoms with Crippen molar-refractivity contribution in [1.29, 1.82) is 0 Å². The Morgan fingerprint density at radius 3 is 2.24 bits per heavy atom. The van der Waals surface area contributed by atoms with Crippen molar-refractivity contribution in [2.75, 3.05) is 24.4 Å². The summed E-state index contributed by atoms with van der Waals surface area (Å²) in [5.74, 6) is -0.00506. The van der Waals surface area contributed by atoms with Crippen LogP contribution in [0.3, 0.4) is 0 Å². The second-order valence-corrected chi connectivity index (χ2v) is 8.83. The third-order valence-electron chi connectivity index (χ3n) is 4.60. The van der Waals surface area contributed by atoms with Crippen molar-refractivity contribution in [3.63, 3.8) is 0 Å². The quantitative estimate of drug-likeness (QED) is 0.310. The van der Waals surface area contributed by atoms with Crippen LogP contribution in [0.1, 0.15) is 16.8 Å². The van der Waals surface area contributed by atoms with E-state index in [-0.39, 0.29) is 35.2 Å². The van der Waals surface area contributed by atoms with Crippen LogP contribution in [0.5, 0.6) is 11.5 Å². The second kappa shape index (κ2) is 11.8. The van der Waals surface area contributed by atoms with Crippen LogP contribution in [0.15, 0.2) is 83.8 Å². The van der Waals surface area contributed by atoms with Crippen LogP contribution in [0.2, 0.25) is 0 Å². The smallest absolute Gasteiger partial charge is 0.262 e. The van der Waals surface area contributed by atoms with E-state index in [9.17, 15) is 18.0 Å². The molecule has 0 aliphatic rings. The number of hydrogen-bond donors (Lipinski definition) is 4. The first kappa shape index (κ1) is 24.7. The lowest BCUT2D eigenvalue weighted by molar-refractivity contribution is -0.120. The highest BCUT2D eigenvalue weighted by molar-refractivity contribution is 7.92. The first-order chi connectivity index (χ1) is 16.4. The van der Waals surface area contributed by atoms with E-state index in [0.717, 1.165) is 0 Å². The number of para-hydroxylation sites is 3. The number of carbonyl (C=O) groups excluding carboxylic acids is 2. The molecule has 3 aromatic carbocycles. The van der Waals surface area contributed by atoms with Crippen LogP contribution >= 0.6 is 0 Å². The zero-order chi connectivity index (χ0) is 24.4. The minimum absolute atomic E-state index is 0.0393. The highest BCUT2D eigenvalue weighted by atomic mass is 32.2. The Morgan fingerprint density at radius 2 is 1.53 bits per heavy atom. The van der Waals surface area contributed by atoms with Gasteiger partial charge >= 0.3 is 0 Å². The fourth-order valence-electron chi connectivity index (χ4n) is 2.88. The molecule has 0 heterocycles. The Morgan fingerprint density at radius 1 is 0.853 bits per heavy atom. The normalized spacial score (nSPS) is 10.9. The molecule has 34 heavy (non-hydrogen) atoms. The largest absolute Gasteiger partial charge is 0.455 e. The van der Waals surface area contributed by atoms with Crippen molar-refractivity contribution in [1.82, 2.24) is 10.6 Å². The maximum atomic E-state index is 12.9. The number of nitrogens with one attached hydrogen (secondary N) is 3. The molecule has 4 N–H and O–H groups in total. The van der Waals surface area contributed by atoms with Gasteiger partial charge in [-0.3, -0.25) is 14.3 Å². The summed E-state index contributed by atoms with van der Waals surface area (Å²) in [6.45, 7) is 0.0384. The third kappa shape index (κ3) is 7.06. The van der Waals surface area contributed by atoms with Gasteiger partial charge in [0.25, 0.3) is 15.9 Å². The van der Waals surface area contributed by atoms with E-state index in [1.54, 1.807) is 36.4 Å². The van der Waals surface area contributed by atoms with E-state index >= 15 is 0 Å². The van der Waals surface area contributed by atoms with Crippen LogP contribution in [0, 0.1) is 0 Å². The van der Waals surface area contributed by atoms with Crippen molar-refractivity contribution >= 4 is 27.5 Å². The van der Waals surface area contributed by atoms with Gasteiger partial charge in [-0.15, -0.1) is 0 Å². The summed E-state index contributed by atoms with van der Waals surface area (Å²) in [6, 6.07) is 21.0. The van der Waals surface area contributed by atoms with E-state index in [0.29, 0.717) is 24.5 Å². The van der Waals surface area contributed by atoms with E-state index in [1.165, 1.54) is 24.3 Å². The number of ether oxygens (including phenoxy) is 1. The number of hydrogen-bond acceptors (Lipinski definition) is 6. The summed E-state index contributed by atoms with van der Waals surface area (Å²) < 4.78 is 34.1. The number of anilines is 1. The lowest BCUT2D eigenvalue weighted by Crippen LogP contribution is -2.37. The first-order valence-electron chi connectivity index (χ1n) is 10.5. The number of rotatable bonds is 11. The van der Waals surface area contributed by atoms with Crippen LogP contribution in [0.4, 0.5) is 5.69 Å². The Bertz CT molecular complexity index is 1210. The zero-order valence-electron chi connectivity index (χ0n) is 18.2. The standard InChI is InChI=1S/C24H25N3O6S/c28-16-6-15-25-23(29)17-26-24(30)18-11-13-20(14-12-18)34(31,32)27-21-9-4-5-10-22(21)33-19-7-2-1-3-8-19/h1-5,7-14,27-28H,6,15-17H2,(H,25,29)(H,26,30). The van der Waals surface area contributed by atoms with Crippen molar-refractivity contribution in [3.8, 4) is 11.5 Å². The average molecular weight is 484 g/mol. The molecule has 0 unspecified atom stereocenters. The number of aliphatic hydroxyl groups excluding tert-OH is 1. The highest BCUT2D eigenvalue weighted by Gasteiger charge is 2.18. The minimum atomic E-state index is -3.96. The number of carbonyl (C=O) groups is 2. The van der Waals surface area contributed by atoms with E-state index < -0.39 is 15.9 Å². The van der Waals surface area contributed by atoms with Gasteiger partial charge < -0.3 is 20.5 Å². The molecule has 2 amide bonds. The zero-order valence-corrected chi connectivity index (χ0v) is 19.0. The van der Waals surface area contributed by atoms with Gasteiger partial charge in [0.05, 0.1) is 17.1 Å². The fourth-order valence-corrected chi connectivity index (χ4v) is 3.95. The van der Waals surface area contributed by atoms with Gasteiger partial charge in [-0.05, 0) is 55.0 Å². The monoisotopic (exact) mass is 483 g/mol. The predicted octanol–water partition coefficient (Wildman–Crippen LogP) is 2.51. The van der Waals surface area contributed by atoms with Crippen molar-refractivity contribution < 1.29 is 27.9 Å². The van der Waals surface area contributed by atoms with Crippen molar-refractivity contribution in [2.45, 2.75) is 11.3 Å². The third-order valence-corrected chi connectivity index (χ3v) is 5.98. The Labute approximate surface area is 197 Å². The summed E-state index contributed by atoms with van der Waals surface area (Å²) >= 11 is 0. The topological polar surface area (TPSA) is 134 Å². The summed E-state index contributed by atoms with van der Waals surface area (Å²) in [7, 11) is -3.96. The summed E-state index contributed by atoms with van der Waals surface area (Å²) in [5.41, 5.74) is 0.468. The maximum absolute atomic E-state index is 12.9. The first-order valence-corrected chi connectivity index (χ1v) is 12.0. The number of sulfonamides is 1. The molecule has 0 saturated carbocycles. The van der Waals surface area contributed by atoms with Crippen LogP contribution in [-0.4, -0.2) is 45.0 Å². The molecule has 0 bridgehead atoms. The highest BCUT2D eigenvalue weighted by Crippen LogP contribution is 2.30. The molecule has 0 saturated heterocycles. The lowest BCUT2D eigenvalue weighted by atomic mass is 10.2. The van der Waals surface area contributed by atoms with Crippen LogP contribution in [0.25, 0.3) is 0 Å². The van der Waals surface area contributed by atoms with Gasteiger partial charge in [-0.1, -0.05) is 30.3 Å². The van der Waals surface area contributed by atoms with Gasteiger partial charge in [0.2, 0.25) is 5.91 Å². The van der Waals surface area contributed by atoms with Crippen LogP contribution < -0.4 is 20.1 Å². The SMILES string of the molecule is O=C(CNC(=O)c1ccc(S(=O)(=O)Nc2ccccc2Oc2ccccc2)cc1)NCCCO. The molecule has 178 valence electrons. The lowest BCUT2D eigenvalue weighted by Gasteiger charge is -2.13. The Balaban J connectivity index is 1.64. The maximum Gasteiger partial charge on any atom is 0.262 e. The van der Waals surface area contributed by atoms with E-state index in [2.05, 4.69) is 15.4 Å². The molecule has 10 heteroatoms. The molecule has 0 aliphatic heterocycles. The molecule has 0 spiro atoms. The van der Waals surface area contributed by atoms with Gasteiger partial charge in [-0.2, -0.15) is 0 Å². The van der Waals surface area contributed by atoms with Crippen molar-refractivity contribution in [2.24, 2.45) is 0 Å². The summed E-state index contributed by atoms with van der Waals surface area (Å²) in [4.78, 5) is 23.8. The molecule has 0 aliphatic carbocycles. The Hall–Kier alpha value is -3.89. The molecule has 0 aromatic heterocycles. The molecular weight excluding hydrogens is 458 g/mol. The van der Waals surface area contributed by atoms with Gasteiger partial charge in [0.15, 0.2) is 5.75 Å². The number of aliphatic hydroxyl groups is 1. The van der Waals surface area contributed by atoms with Gasteiger partial charge in [-0.25, -0.2) is 8.42 Å². The summed E-state index contributed by atoms with van der Waals surface area (Å²) in [5, 5.41) is 13.7. The summed E-state index contributed by atoms with van der Waals surface area (Å²) in [6.07, 6.45) is 0.423. The second-order valence-electron chi connectivity index (χ2n) is 7.15.